The number of H-pyrrole nitrogens is 1. The van der Waals surface area contributed by atoms with Crippen molar-refractivity contribution in [2.45, 2.75) is 71.6 Å². The maximum absolute atomic E-state index is 14.2. The van der Waals surface area contributed by atoms with Crippen molar-refractivity contribution >= 4 is 28.4 Å². The van der Waals surface area contributed by atoms with E-state index in [4.69, 9.17) is 0 Å². The highest BCUT2D eigenvalue weighted by Crippen LogP contribution is 2.55. The van der Waals surface area contributed by atoms with Crippen LogP contribution in [0, 0.1) is 23.2 Å². The number of nitrogens with one attached hydrogen (secondary N) is 2. The van der Waals surface area contributed by atoms with Gasteiger partial charge in [-0.2, -0.15) is 0 Å². The molecular weight excluding hydrogens is 492 g/mol. The molecule has 1 aromatic carbocycles. The minimum Gasteiger partial charge on any atom is -0.388 e. The Labute approximate surface area is 229 Å². The number of aliphatic hydroxyl groups is 2. The molecule has 1 spiro atoms. The lowest BCUT2D eigenvalue weighted by Crippen LogP contribution is -2.55. The lowest BCUT2D eigenvalue weighted by molar-refractivity contribution is -0.148. The van der Waals surface area contributed by atoms with Crippen LogP contribution in [0.4, 0.5) is 0 Å². The summed E-state index contributed by atoms with van der Waals surface area (Å²) in [7, 11) is 0. The molecule has 1 saturated heterocycles. The van der Waals surface area contributed by atoms with Crippen molar-refractivity contribution in [3.05, 3.63) is 71.0 Å². The monoisotopic (exact) mass is 530 g/mol. The Morgan fingerprint density at radius 1 is 1.05 bits per heavy atom. The number of para-hydroxylation sites is 1. The largest absolute Gasteiger partial charge is 0.388 e. The molecule has 2 aromatic rings. The number of aromatic nitrogens is 1. The van der Waals surface area contributed by atoms with Crippen LogP contribution in [0.2, 0.25) is 0 Å². The molecule has 206 valence electrons. The van der Waals surface area contributed by atoms with E-state index in [-0.39, 0.29) is 36.5 Å². The molecule has 5 rings (SSSR count). The Balaban J connectivity index is 1.61. The van der Waals surface area contributed by atoms with E-state index in [9.17, 15) is 24.6 Å². The predicted octanol–water partition coefficient (Wildman–Crippen LogP) is 3.96. The zero-order chi connectivity index (χ0) is 28.1. The van der Waals surface area contributed by atoms with E-state index in [2.05, 4.69) is 10.3 Å². The van der Waals surface area contributed by atoms with E-state index in [0.29, 0.717) is 18.4 Å². The molecule has 1 amide bonds. The van der Waals surface area contributed by atoms with E-state index < -0.39 is 35.2 Å². The lowest BCUT2D eigenvalue weighted by Gasteiger charge is -2.46. The maximum Gasteiger partial charge on any atom is 0.235 e. The van der Waals surface area contributed by atoms with Crippen LogP contribution < -0.4 is 5.32 Å². The molecule has 39 heavy (non-hydrogen) atoms. The molecule has 2 heterocycles. The number of Topliss-reactive ketones (excluding diaryl/α,β-unsaturated/α-hetero) is 2. The third-order valence-electron chi connectivity index (χ3n) is 9.28. The van der Waals surface area contributed by atoms with Gasteiger partial charge in [0.15, 0.2) is 5.78 Å². The topological polar surface area (TPSA) is 119 Å². The van der Waals surface area contributed by atoms with Crippen molar-refractivity contribution in [2.24, 2.45) is 23.2 Å². The van der Waals surface area contributed by atoms with Gasteiger partial charge in [0.1, 0.15) is 17.3 Å². The minimum atomic E-state index is -1.53. The fraction of sp³-hybridized carbons (Fsp3) is 0.469. The molecule has 3 aliphatic rings. The highest BCUT2D eigenvalue weighted by atomic mass is 16.3. The fourth-order valence-corrected chi connectivity index (χ4v) is 7.16. The SMILES string of the molecule is CC1=C(C)[C@H]2C(Cc3c[nH]c4ccccc34)NC(=O)[C@]23C(=O)CCC(O)C(=O)/C(C)=C\[C@H](C)C/C=C/[C@H]3[C@@H]1O. The third-order valence-corrected chi connectivity index (χ3v) is 9.28. The van der Waals surface area contributed by atoms with E-state index in [1.807, 2.05) is 69.5 Å². The first kappa shape index (κ1) is 27.3. The summed E-state index contributed by atoms with van der Waals surface area (Å²) in [5, 5.41) is 26.4. The number of aromatic amines is 1. The Hall–Kier alpha value is -3.29. The van der Waals surface area contributed by atoms with Gasteiger partial charge in [-0.25, -0.2) is 0 Å². The number of hydrogen-bond donors (Lipinski definition) is 4. The summed E-state index contributed by atoms with van der Waals surface area (Å²) in [6.07, 6.45) is 6.11. The number of benzene rings is 1. The number of hydrogen-bond acceptors (Lipinski definition) is 5. The van der Waals surface area contributed by atoms with Crippen molar-refractivity contribution < 1.29 is 24.6 Å². The molecule has 1 aliphatic heterocycles. The smallest absolute Gasteiger partial charge is 0.235 e. The third kappa shape index (κ3) is 4.42. The second-order valence-corrected chi connectivity index (χ2v) is 11.7. The molecule has 0 radical (unpaired) electrons. The normalized spacial score (nSPS) is 36.3. The fourth-order valence-electron chi connectivity index (χ4n) is 7.16. The molecular formula is C32H38N2O5. The van der Waals surface area contributed by atoms with Gasteiger partial charge in [-0.3, -0.25) is 14.4 Å². The summed E-state index contributed by atoms with van der Waals surface area (Å²) in [4.78, 5) is 44.4. The van der Waals surface area contributed by atoms with Gasteiger partial charge in [-0.05, 0) is 68.7 Å². The zero-order valence-electron chi connectivity index (χ0n) is 23.0. The van der Waals surface area contributed by atoms with Gasteiger partial charge in [0.05, 0.1) is 6.10 Å². The molecule has 7 heteroatoms. The Kier molecular flexibility index (Phi) is 7.25. The molecule has 0 saturated carbocycles. The molecule has 4 N–H and O–H groups in total. The van der Waals surface area contributed by atoms with Crippen LogP contribution in [0.5, 0.6) is 0 Å². The second kappa shape index (κ2) is 10.4. The summed E-state index contributed by atoms with van der Waals surface area (Å²) in [5.74, 6) is -2.34. The molecule has 1 fully saturated rings. The van der Waals surface area contributed by atoms with Gasteiger partial charge < -0.3 is 20.5 Å². The Morgan fingerprint density at radius 3 is 2.56 bits per heavy atom. The van der Waals surface area contributed by atoms with Crippen LogP contribution in [-0.2, 0) is 20.8 Å². The predicted molar refractivity (Wildman–Crippen MR) is 150 cm³/mol. The molecule has 7 atom stereocenters. The second-order valence-electron chi connectivity index (χ2n) is 11.7. The first-order chi connectivity index (χ1) is 18.6. The molecule has 1 aromatic heterocycles. The van der Waals surface area contributed by atoms with Crippen molar-refractivity contribution in [1.29, 1.82) is 0 Å². The summed E-state index contributed by atoms with van der Waals surface area (Å²) in [6, 6.07) is 7.63. The van der Waals surface area contributed by atoms with Crippen LogP contribution in [-0.4, -0.2) is 50.9 Å². The molecule has 7 nitrogen and oxygen atoms in total. The number of allylic oxidation sites excluding steroid dienone is 2. The molecule has 2 aliphatic carbocycles. The highest BCUT2D eigenvalue weighted by molar-refractivity contribution is 6.10. The van der Waals surface area contributed by atoms with Gasteiger partial charge in [-0.15, -0.1) is 0 Å². The van der Waals surface area contributed by atoms with Crippen molar-refractivity contribution in [1.82, 2.24) is 10.3 Å². The molecule has 2 unspecified atom stereocenters. The van der Waals surface area contributed by atoms with Crippen LogP contribution in [0.3, 0.4) is 0 Å². The van der Waals surface area contributed by atoms with Crippen LogP contribution in [0.1, 0.15) is 52.5 Å². The van der Waals surface area contributed by atoms with E-state index in [1.165, 1.54) is 0 Å². The number of aliphatic hydroxyl groups excluding tert-OH is 2. The number of amides is 1. The lowest BCUT2D eigenvalue weighted by atomic mass is 9.54. The van der Waals surface area contributed by atoms with Crippen LogP contribution in [0.15, 0.2) is 65.4 Å². The van der Waals surface area contributed by atoms with E-state index in [0.717, 1.165) is 27.6 Å². The van der Waals surface area contributed by atoms with Gasteiger partial charge >= 0.3 is 0 Å². The number of ketones is 2. The maximum atomic E-state index is 14.2. The standard InChI is InChI=1S/C32H38N2O5/c1-17-8-7-10-23-30(38)20(4)19(3)28-25(15-21-16-33-24-11-6-5-9-22(21)24)34-31(39)32(23,28)27(36)13-12-26(35)29(37)18(2)14-17/h5-7,9-11,14,16-17,23,25-26,28,30,33,35,38H,8,12-13,15H2,1-4H3,(H,34,39)/b10-7+,18-14-/t17-,23+,25?,26?,28+,30-,32-/m1/s1. The number of carbonyl (C=O) groups excluding carboxylic acids is 3. The van der Waals surface area contributed by atoms with Crippen LogP contribution >= 0.6 is 0 Å². The van der Waals surface area contributed by atoms with Crippen molar-refractivity contribution in [3.63, 3.8) is 0 Å². The summed E-state index contributed by atoms with van der Waals surface area (Å²) in [5.41, 5.74) is 2.61. The summed E-state index contributed by atoms with van der Waals surface area (Å²) in [6.45, 7) is 7.45. The van der Waals surface area contributed by atoms with Crippen molar-refractivity contribution in [3.8, 4) is 0 Å². The highest BCUT2D eigenvalue weighted by Gasteiger charge is 2.66. The summed E-state index contributed by atoms with van der Waals surface area (Å²) >= 11 is 0. The minimum absolute atomic E-state index is 0.00624. The van der Waals surface area contributed by atoms with Crippen LogP contribution in [0.25, 0.3) is 10.9 Å². The number of rotatable bonds is 2. The average molecular weight is 531 g/mol. The van der Waals surface area contributed by atoms with Gasteiger partial charge in [-0.1, -0.05) is 48.9 Å². The van der Waals surface area contributed by atoms with Gasteiger partial charge in [0, 0.05) is 41.4 Å². The van der Waals surface area contributed by atoms with E-state index in [1.54, 1.807) is 6.92 Å². The zero-order valence-corrected chi connectivity index (χ0v) is 23.0. The van der Waals surface area contributed by atoms with Gasteiger partial charge in [0.2, 0.25) is 5.91 Å². The first-order valence-electron chi connectivity index (χ1n) is 13.9. The Morgan fingerprint density at radius 2 is 1.79 bits per heavy atom. The van der Waals surface area contributed by atoms with Crippen molar-refractivity contribution in [2.75, 3.05) is 0 Å². The quantitative estimate of drug-likeness (QED) is 0.346. The molecule has 0 bridgehead atoms. The number of carbonyl (C=O) groups is 3. The summed E-state index contributed by atoms with van der Waals surface area (Å²) < 4.78 is 0. The first-order valence-corrected chi connectivity index (χ1v) is 13.9. The average Bonchev–Trinajstić information content (AvgIpc) is 3.45. The Bertz CT molecular complexity index is 1410. The van der Waals surface area contributed by atoms with Gasteiger partial charge in [0.25, 0.3) is 0 Å². The number of fused-ring (bicyclic) bond motifs is 1. The van der Waals surface area contributed by atoms with E-state index >= 15 is 0 Å².